The summed E-state index contributed by atoms with van der Waals surface area (Å²) in [6.45, 7) is 0. The van der Waals surface area contributed by atoms with Crippen molar-refractivity contribution in [1.29, 1.82) is 0 Å². The molecule has 1 saturated carbocycles. The highest BCUT2D eigenvalue weighted by Gasteiger charge is 2.40. The molecule has 2 nitrogen and oxygen atoms in total. The minimum absolute atomic E-state index is 0.495. The molecule has 2 heteroatoms. The van der Waals surface area contributed by atoms with Crippen molar-refractivity contribution < 1.29 is 0 Å². The minimum Gasteiger partial charge on any atom is -0.327 e. The summed E-state index contributed by atoms with van der Waals surface area (Å²) in [5, 5.41) is 0. The Morgan fingerprint density at radius 3 is 2.24 bits per heavy atom. The molecule has 1 aliphatic carbocycles. The van der Waals surface area contributed by atoms with Gasteiger partial charge in [0.15, 0.2) is 0 Å². The zero-order valence-corrected chi connectivity index (χ0v) is 11.3. The molecule has 2 heterocycles. The van der Waals surface area contributed by atoms with Crippen LogP contribution in [0.15, 0.2) is 0 Å². The number of fused-ring (bicyclic) bond motifs is 2. The molecule has 3 fully saturated rings. The maximum atomic E-state index is 6.51. The third kappa shape index (κ3) is 2.39. The molecule has 0 spiro atoms. The monoisotopic (exact) mass is 236 g/mol. The number of piperidine rings is 1. The van der Waals surface area contributed by atoms with Crippen molar-refractivity contribution in [3.05, 3.63) is 0 Å². The Hall–Kier alpha value is -0.0800. The fourth-order valence-corrected chi connectivity index (χ4v) is 4.63. The second kappa shape index (κ2) is 4.89. The summed E-state index contributed by atoms with van der Waals surface area (Å²) < 4.78 is 0. The van der Waals surface area contributed by atoms with Crippen LogP contribution in [0.3, 0.4) is 0 Å². The molecule has 0 amide bonds. The van der Waals surface area contributed by atoms with Crippen LogP contribution in [-0.2, 0) is 0 Å². The Kier molecular flexibility index (Phi) is 3.45. The van der Waals surface area contributed by atoms with Crippen molar-refractivity contribution in [2.45, 2.75) is 75.9 Å². The van der Waals surface area contributed by atoms with Gasteiger partial charge in [-0.15, -0.1) is 0 Å². The van der Waals surface area contributed by atoms with E-state index in [2.05, 4.69) is 11.9 Å². The molecular formula is C15H28N2. The summed E-state index contributed by atoms with van der Waals surface area (Å²) in [5.41, 5.74) is 6.51. The Bertz CT molecular complexity index is 246. The van der Waals surface area contributed by atoms with Gasteiger partial charge in [0.2, 0.25) is 0 Å². The van der Waals surface area contributed by atoms with Gasteiger partial charge in [-0.25, -0.2) is 0 Å². The minimum atomic E-state index is 0.495. The maximum Gasteiger partial charge on any atom is 0.00989 e. The third-order valence-corrected chi connectivity index (χ3v) is 5.82. The largest absolute Gasteiger partial charge is 0.327 e. The molecule has 3 unspecified atom stereocenters. The van der Waals surface area contributed by atoms with Gasteiger partial charge in [0.1, 0.15) is 0 Å². The molecule has 0 radical (unpaired) electrons. The van der Waals surface area contributed by atoms with Crippen molar-refractivity contribution >= 4 is 0 Å². The third-order valence-electron chi connectivity index (χ3n) is 5.82. The molecule has 0 aromatic carbocycles. The summed E-state index contributed by atoms with van der Waals surface area (Å²) in [6.07, 6.45) is 12.7. The first kappa shape index (κ1) is 12.0. The Labute approximate surface area is 106 Å². The van der Waals surface area contributed by atoms with E-state index in [1.807, 2.05) is 0 Å². The first-order valence-corrected chi connectivity index (χ1v) is 7.71. The Morgan fingerprint density at radius 2 is 1.65 bits per heavy atom. The summed E-state index contributed by atoms with van der Waals surface area (Å²) in [6, 6.07) is 2.21. The van der Waals surface area contributed by atoms with Gasteiger partial charge in [0.05, 0.1) is 0 Å². The van der Waals surface area contributed by atoms with Crippen LogP contribution >= 0.6 is 0 Å². The van der Waals surface area contributed by atoms with E-state index in [0.29, 0.717) is 6.04 Å². The van der Waals surface area contributed by atoms with Crippen LogP contribution in [0.4, 0.5) is 0 Å². The zero-order valence-electron chi connectivity index (χ0n) is 11.3. The summed E-state index contributed by atoms with van der Waals surface area (Å²) >= 11 is 0. The summed E-state index contributed by atoms with van der Waals surface area (Å²) in [7, 11) is 2.32. The fraction of sp³-hybridized carbons (Fsp3) is 1.00. The van der Waals surface area contributed by atoms with E-state index < -0.39 is 0 Å². The fourth-order valence-electron chi connectivity index (χ4n) is 4.63. The van der Waals surface area contributed by atoms with Crippen molar-refractivity contribution in [2.24, 2.45) is 17.6 Å². The molecule has 2 aliphatic heterocycles. The number of rotatable bonds is 3. The first-order valence-electron chi connectivity index (χ1n) is 7.71. The van der Waals surface area contributed by atoms with Gasteiger partial charge in [0, 0.05) is 18.1 Å². The second-order valence-corrected chi connectivity index (χ2v) is 6.83. The maximum absolute atomic E-state index is 6.51. The number of nitrogens with zero attached hydrogens (tertiary/aromatic N) is 1. The standard InChI is InChI=1S/C15H28N2/c1-17-13-6-7-14(17)10-12(9-13)15(16)8-11-4-2-3-5-11/h11-15H,2-10,16H2,1H3. The molecule has 3 rings (SSSR count). The molecule has 17 heavy (non-hydrogen) atoms. The molecule has 0 aromatic rings. The predicted octanol–water partition coefficient (Wildman–Crippen LogP) is 2.77. The summed E-state index contributed by atoms with van der Waals surface area (Å²) in [4.78, 5) is 2.62. The number of hydrogen-bond acceptors (Lipinski definition) is 2. The molecule has 3 aliphatic rings. The van der Waals surface area contributed by atoms with Crippen molar-refractivity contribution in [3.8, 4) is 0 Å². The lowest BCUT2D eigenvalue weighted by atomic mass is 9.81. The highest BCUT2D eigenvalue weighted by Crippen LogP contribution is 2.40. The van der Waals surface area contributed by atoms with Crippen molar-refractivity contribution in [2.75, 3.05) is 7.05 Å². The van der Waals surface area contributed by atoms with Gasteiger partial charge in [-0.2, -0.15) is 0 Å². The zero-order chi connectivity index (χ0) is 11.8. The van der Waals surface area contributed by atoms with Crippen LogP contribution in [0, 0.1) is 11.8 Å². The smallest absolute Gasteiger partial charge is 0.00989 e. The lowest BCUT2D eigenvalue weighted by Gasteiger charge is -2.39. The van der Waals surface area contributed by atoms with Gasteiger partial charge in [-0.3, -0.25) is 0 Å². The first-order chi connectivity index (χ1) is 8.24. The van der Waals surface area contributed by atoms with Gasteiger partial charge in [-0.1, -0.05) is 25.7 Å². The van der Waals surface area contributed by atoms with Crippen LogP contribution < -0.4 is 5.73 Å². The van der Waals surface area contributed by atoms with Crippen LogP contribution in [0.2, 0.25) is 0 Å². The average molecular weight is 236 g/mol. The van der Waals surface area contributed by atoms with E-state index in [-0.39, 0.29) is 0 Å². The quantitative estimate of drug-likeness (QED) is 0.816. The Morgan fingerprint density at radius 1 is 1.06 bits per heavy atom. The van der Waals surface area contributed by atoms with Crippen LogP contribution in [0.5, 0.6) is 0 Å². The molecule has 2 N–H and O–H groups in total. The molecule has 3 atom stereocenters. The topological polar surface area (TPSA) is 29.3 Å². The molecular weight excluding hydrogens is 208 g/mol. The van der Waals surface area contributed by atoms with Crippen LogP contribution in [-0.4, -0.2) is 30.1 Å². The summed E-state index contributed by atoms with van der Waals surface area (Å²) in [5.74, 6) is 1.78. The molecule has 0 aromatic heterocycles. The predicted molar refractivity (Wildman–Crippen MR) is 71.8 cm³/mol. The van der Waals surface area contributed by atoms with E-state index in [1.54, 1.807) is 0 Å². The lowest BCUT2D eigenvalue weighted by Crippen LogP contribution is -2.45. The van der Waals surface area contributed by atoms with Crippen molar-refractivity contribution in [3.63, 3.8) is 0 Å². The molecule has 2 bridgehead atoms. The van der Waals surface area contributed by atoms with Gasteiger partial charge < -0.3 is 10.6 Å². The van der Waals surface area contributed by atoms with Gasteiger partial charge in [-0.05, 0) is 51.0 Å². The van der Waals surface area contributed by atoms with Gasteiger partial charge >= 0.3 is 0 Å². The van der Waals surface area contributed by atoms with E-state index in [4.69, 9.17) is 5.73 Å². The highest BCUT2D eigenvalue weighted by atomic mass is 15.2. The van der Waals surface area contributed by atoms with Gasteiger partial charge in [0.25, 0.3) is 0 Å². The van der Waals surface area contributed by atoms with E-state index in [9.17, 15) is 0 Å². The van der Waals surface area contributed by atoms with E-state index in [0.717, 1.165) is 23.9 Å². The van der Waals surface area contributed by atoms with E-state index >= 15 is 0 Å². The van der Waals surface area contributed by atoms with Crippen molar-refractivity contribution in [1.82, 2.24) is 4.90 Å². The highest BCUT2D eigenvalue weighted by molar-refractivity contribution is 4.96. The van der Waals surface area contributed by atoms with E-state index in [1.165, 1.54) is 57.8 Å². The SMILES string of the molecule is CN1C2CCC1CC(C(N)CC1CCCC1)C2. The number of nitrogens with two attached hydrogens (primary N) is 1. The number of hydrogen-bond donors (Lipinski definition) is 1. The lowest BCUT2D eigenvalue weighted by molar-refractivity contribution is 0.115. The van der Waals surface area contributed by atoms with Crippen LogP contribution in [0.1, 0.15) is 57.8 Å². The normalized spacial score (nSPS) is 40.9. The Balaban J connectivity index is 1.54. The second-order valence-electron chi connectivity index (χ2n) is 6.83. The molecule has 98 valence electrons. The average Bonchev–Trinajstić information content (AvgIpc) is 2.86. The van der Waals surface area contributed by atoms with Crippen LogP contribution in [0.25, 0.3) is 0 Å². The molecule has 2 saturated heterocycles.